The number of likely N-dealkylation sites (tertiary alicyclic amines) is 1. The van der Waals surface area contributed by atoms with Crippen LogP contribution in [0.1, 0.15) is 24.0 Å². The Morgan fingerprint density at radius 3 is 2.81 bits per heavy atom. The van der Waals surface area contributed by atoms with E-state index in [1.165, 1.54) is 0 Å². The number of hydrogen-bond donors (Lipinski definition) is 1. The maximum absolute atomic E-state index is 12.5. The van der Waals surface area contributed by atoms with Gasteiger partial charge in [0.1, 0.15) is 5.75 Å². The van der Waals surface area contributed by atoms with E-state index in [0.29, 0.717) is 32.5 Å². The molecular weight excluding hydrogens is 342 g/mol. The Morgan fingerprint density at radius 1 is 1.22 bits per heavy atom. The monoisotopic (exact) mass is 367 g/mol. The molecule has 0 saturated carbocycles. The van der Waals surface area contributed by atoms with Crippen molar-refractivity contribution in [2.75, 3.05) is 20.2 Å². The molecule has 0 bridgehead atoms. The van der Waals surface area contributed by atoms with Crippen molar-refractivity contribution in [1.29, 1.82) is 0 Å². The molecule has 1 aromatic heterocycles. The normalized spacial score (nSPS) is 16.2. The van der Waals surface area contributed by atoms with Gasteiger partial charge in [-0.25, -0.2) is 0 Å². The minimum atomic E-state index is 0.0268. The standard InChI is InChI=1S/C21H25N3O3/c1-27-19-4-2-3-17(11-19)13-21(26)24-10-7-18(15-24)12-20(25)23-14-16-5-8-22-9-6-16/h2-6,8-9,11,18H,7,10,12-15H2,1H3,(H,23,25). The second-order valence-electron chi connectivity index (χ2n) is 6.86. The maximum Gasteiger partial charge on any atom is 0.227 e. The Hall–Kier alpha value is -2.89. The molecule has 1 unspecified atom stereocenters. The number of carbonyl (C=O) groups excluding carboxylic acids is 2. The van der Waals surface area contributed by atoms with Gasteiger partial charge in [0.25, 0.3) is 0 Å². The molecule has 1 saturated heterocycles. The average Bonchev–Trinajstić information content (AvgIpc) is 3.16. The minimum Gasteiger partial charge on any atom is -0.497 e. The Balaban J connectivity index is 1.43. The summed E-state index contributed by atoms with van der Waals surface area (Å²) in [4.78, 5) is 30.5. The van der Waals surface area contributed by atoms with Crippen LogP contribution in [0.25, 0.3) is 0 Å². The van der Waals surface area contributed by atoms with E-state index in [-0.39, 0.29) is 17.7 Å². The van der Waals surface area contributed by atoms with Gasteiger partial charge in [-0.15, -0.1) is 0 Å². The first-order valence-corrected chi connectivity index (χ1v) is 9.20. The van der Waals surface area contributed by atoms with Crippen LogP contribution < -0.4 is 10.1 Å². The Morgan fingerprint density at radius 2 is 2.04 bits per heavy atom. The molecular formula is C21H25N3O3. The molecule has 142 valence electrons. The Labute approximate surface area is 159 Å². The molecule has 2 heterocycles. The van der Waals surface area contributed by atoms with Crippen LogP contribution in [0, 0.1) is 5.92 Å². The number of carbonyl (C=O) groups is 2. The van der Waals surface area contributed by atoms with Crippen molar-refractivity contribution >= 4 is 11.8 Å². The summed E-state index contributed by atoms with van der Waals surface area (Å²) in [5.41, 5.74) is 1.97. The molecule has 27 heavy (non-hydrogen) atoms. The highest BCUT2D eigenvalue weighted by atomic mass is 16.5. The van der Waals surface area contributed by atoms with Gasteiger partial charge in [0.2, 0.25) is 11.8 Å². The van der Waals surface area contributed by atoms with E-state index in [2.05, 4.69) is 10.3 Å². The SMILES string of the molecule is COc1cccc(CC(=O)N2CCC(CC(=O)NCc3ccncc3)C2)c1. The van der Waals surface area contributed by atoms with Crippen LogP contribution in [0.3, 0.4) is 0 Å². The van der Waals surface area contributed by atoms with Gasteiger partial charge in [0.15, 0.2) is 0 Å². The molecule has 1 fully saturated rings. The predicted octanol–water partition coefficient (Wildman–Crippen LogP) is 2.19. The van der Waals surface area contributed by atoms with E-state index in [1.54, 1.807) is 19.5 Å². The van der Waals surface area contributed by atoms with Crippen molar-refractivity contribution in [3.63, 3.8) is 0 Å². The number of amides is 2. The number of ether oxygens (including phenoxy) is 1. The number of benzene rings is 1. The van der Waals surface area contributed by atoms with E-state index < -0.39 is 0 Å². The van der Waals surface area contributed by atoms with E-state index in [0.717, 1.165) is 23.3 Å². The summed E-state index contributed by atoms with van der Waals surface area (Å²) in [6.07, 6.45) is 5.10. The molecule has 1 aromatic carbocycles. The van der Waals surface area contributed by atoms with Gasteiger partial charge in [-0.3, -0.25) is 14.6 Å². The first kappa shape index (κ1) is 18.9. The summed E-state index contributed by atoms with van der Waals surface area (Å²) in [5, 5.41) is 2.94. The molecule has 0 spiro atoms. The third kappa shape index (κ3) is 5.54. The quantitative estimate of drug-likeness (QED) is 0.814. The van der Waals surface area contributed by atoms with E-state index in [1.807, 2.05) is 41.3 Å². The fourth-order valence-corrected chi connectivity index (χ4v) is 3.33. The number of nitrogens with zero attached hydrogens (tertiary/aromatic N) is 2. The zero-order chi connectivity index (χ0) is 19.1. The van der Waals surface area contributed by atoms with Crippen LogP contribution in [0.4, 0.5) is 0 Å². The van der Waals surface area contributed by atoms with Gasteiger partial charge in [0.05, 0.1) is 13.5 Å². The highest BCUT2D eigenvalue weighted by Crippen LogP contribution is 2.21. The van der Waals surface area contributed by atoms with Crippen molar-refractivity contribution < 1.29 is 14.3 Å². The lowest BCUT2D eigenvalue weighted by Gasteiger charge is -2.17. The largest absolute Gasteiger partial charge is 0.497 e. The van der Waals surface area contributed by atoms with Crippen LogP contribution in [-0.4, -0.2) is 41.9 Å². The van der Waals surface area contributed by atoms with Gasteiger partial charge >= 0.3 is 0 Å². The lowest BCUT2D eigenvalue weighted by Crippen LogP contribution is -2.31. The zero-order valence-corrected chi connectivity index (χ0v) is 15.6. The zero-order valence-electron chi connectivity index (χ0n) is 15.6. The molecule has 1 atom stereocenters. The third-order valence-electron chi connectivity index (χ3n) is 4.84. The van der Waals surface area contributed by atoms with E-state index in [9.17, 15) is 9.59 Å². The lowest BCUT2D eigenvalue weighted by molar-refractivity contribution is -0.130. The first-order chi connectivity index (χ1) is 13.1. The minimum absolute atomic E-state index is 0.0268. The van der Waals surface area contributed by atoms with Gasteiger partial charge in [-0.2, -0.15) is 0 Å². The first-order valence-electron chi connectivity index (χ1n) is 9.20. The number of methoxy groups -OCH3 is 1. The second kappa shape index (κ2) is 9.16. The van der Waals surface area contributed by atoms with Crippen molar-refractivity contribution in [3.8, 4) is 5.75 Å². The number of nitrogens with one attached hydrogen (secondary N) is 1. The fourth-order valence-electron chi connectivity index (χ4n) is 3.33. The van der Waals surface area contributed by atoms with Crippen molar-refractivity contribution in [3.05, 3.63) is 59.9 Å². The molecule has 6 nitrogen and oxygen atoms in total. The van der Waals surface area contributed by atoms with Crippen molar-refractivity contribution in [2.24, 2.45) is 5.92 Å². The summed E-state index contributed by atoms with van der Waals surface area (Å²) in [5.74, 6) is 1.10. The van der Waals surface area contributed by atoms with Crippen LogP contribution in [-0.2, 0) is 22.6 Å². The number of hydrogen-bond acceptors (Lipinski definition) is 4. The van der Waals surface area contributed by atoms with Crippen LogP contribution in [0.2, 0.25) is 0 Å². The molecule has 6 heteroatoms. The number of pyridine rings is 1. The third-order valence-corrected chi connectivity index (χ3v) is 4.84. The Kier molecular flexibility index (Phi) is 6.41. The molecule has 0 radical (unpaired) electrons. The summed E-state index contributed by atoms with van der Waals surface area (Å²) in [7, 11) is 1.62. The maximum atomic E-state index is 12.5. The number of rotatable bonds is 7. The topological polar surface area (TPSA) is 71.5 Å². The smallest absolute Gasteiger partial charge is 0.227 e. The Bertz CT molecular complexity index is 779. The number of aromatic nitrogens is 1. The summed E-state index contributed by atoms with van der Waals surface area (Å²) in [6, 6.07) is 11.3. The van der Waals surface area contributed by atoms with Crippen molar-refractivity contribution in [2.45, 2.75) is 25.8 Å². The molecule has 1 aliphatic heterocycles. The fraction of sp³-hybridized carbons (Fsp3) is 0.381. The van der Waals surface area contributed by atoms with Crippen LogP contribution in [0.5, 0.6) is 5.75 Å². The van der Waals surface area contributed by atoms with Gasteiger partial charge in [0, 0.05) is 38.4 Å². The highest BCUT2D eigenvalue weighted by molar-refractivity contribution is 5.80. The molecule has 2 amide bonds. The van der Waals surface area contributed by atoms with E-state index in [4.69, 9.17) is 4.74 Å². The molecule has 2 aromatic rings. The van der Waals surface area contributed by atoms with E-state index >= 15 is 0 Å². The second-order valence-corrected chi connectivity index (χ2v) is 6.86. The summed E-state index contributed by atoms with van der Waals surface area (Å²) < 4.78 is 5.20. The van der Waals surface area contributed by atoms with Gasteiger partial charge < -0.3 is 15.0 Å². The molecule has 3 rings (SSSR count). The van der Waals surface area contributed by atoms with Crippen LogP contribution in [0.15, 0.2) is 48.8 Å². The predicted molar refractivity (Wildman–Crippen MR) is 102 cm³/mol. The van der Waals surface area contributed by atoms with Crippen LogP contribution >= 0.6 is 0 Å². The van der Waals surface area contributed by atoms with Crippen molar-refractivity contribution in [1.82, 2.24) is 15.2 Å². The van der Waals surface area contributed by atoms with Gasteiger partial charge in [-0.05, 0) is 47.7 Å². The average molecular weight is 367 g/mol. The lowest BCUT2D eigenvalue weighted by atomic mass is 10.0. The summed E-state index contributed by atoms with van der Waals surface area (Å²) in [6.45, 7) is 1.86. The molecule has 1 aliphatic rings. The summed E-state index contributed by atoms with van der Waals surface area (Å²) >= 11 is 0. The van der Waals surface area contributed by atoms with Gasteiger partial charge in [-0.1, -0.05) is 12.1 Å². The molecule has 1 N–H and O–H groups in total. The highest BCUT2D eigenvalue weighted by Gasteiger charge is 2.27. The molecule has 0 aliphatic carbocycles.